The molecule has 1 amide bonds. The van der Waals surface area contributed by atoms with Gasteiger partial charge in [0.05, 0.1) is 4.90 Å². The monoisotopic (exact) mass is 330 g/mol. The molecule has 7 nitrogen and oxygen atoms in total. The van der Waals surface area contributed by atoms with E-state index in [2.05, 4.69) is 4.72 Å². The Balaban J connectivity index is 2.29. The molecule has 0 aliphatic carbocycles. The molecule has 0 radical (unpaired) electrons. The molecule has 0 bridgehead atoms. The molecular weight excluding hydrogens is 316 g/mol. The molecule has 1 aliphatic heterocycles. The van der Waals surface area contributed by atoms with Gasteiger partial charge >= 0.3 is 5.97 Å². The van der Waals surface area contributed by atoms with E-state index in [1.807, 2.05) is 0 Å². The van der Waals surface area contributed by atoms with E-state index in [-0.39, 0.29) is 22.6 Å². The Kier molecular flexibility index (Phi) is 4.26. The average Bonchev–Trinajstić information content (AvgIpc) is 2.88. The summed E-state index contributed by atoms with van der Waals surface area (Å²) in [5, 5.41) is 9.29. The molecule has 21 heavy (non-hydrogen) atoms. The predicted molar refractivity (Wildman–Crippen MR) is 77.6 cm³/mol. The first kappa shape index (κ1) is 15.8. The van der Waals surface area contributed by atoms with Gasteiger partial charge in [0, 0.05) is 11.3 Å². The first-order valence-corrected chi connectivity index (χ1v) is 8.66. The summed E-state index contributed by atoms with van der Waals surface area (Å²) in [6.45, 7) is 0. The van der Waals surface area contributed by atoms with Crippen LogP contribution in [0.3, 0.4) is 0 Å². The minimum absolute atomic E-state index is 0.106. The number of sulfonamides is 1. The lowest BCUT2D eigenvalue weighted by molar-refractivity contribution is -0.142. The molecule has 4 N–H and O–H groups in total. The summed E-state index contributed by atoms with van der Waals surface area (Å²) in [7, 11) is -3.99. The molecule has 1 aliphatic rings. The van der Waals surface area contributed by atoms with Crippen molar-refractivity contribution in [1.29, 1.82) is 0 Å². The van der Waals surface area contributed by atoms with Crippen molar-refractivity contribution in [2.24, 2.45) is 5.73 Å². The van der Waals surface area contributed by atoms with Crippen LogP contribution in [0.5, 0.6) is 0 Å². The average molecular weight is 330 g/mol. The van der Waals surface area contributed by atoms with Crippen LogP contribution in [-0.2, 0) is 14.8 Å². The van der Waals surface area contributed by atoms with Gasteiger partial charge < -0.3 is 10.8 Å². The highest BCUT2D eigenvalue weighted by Gasteiger charge is 2.45. The zero-order valence-corrected chi connectivity index (χ0v) is 12.5. The number of carboxylic acid groups (broad SMARTS) is 1. The van der Waals surface area contributed by atoms with Crippen LogP contribution in [0.1, 0.15) is 16.8 Å². The van der Waals surface area contributed by atoms with Crippen molar-refractivity contribution < 1.29 is 23.1 Å². The van der Waals surface area contributed by atoms with Gasteiger partial charge in [0.2, 0.25) is 15.9 Å². The van der Waals surface area contributed by atoms with Gasteiger partial charge in [-0.3, -0.25) is 9.59 Å². The summed E-state index contributed by atoms with van der Waals surface area (Å²) in [5.74, 6) is -1.10. The number of carbonyl (C=O) groups excluding carboxylic acids is 1. The fourth-order valence-electron chi connectivity index (χ4n) is 1.97. The Hall–Kier alpha value is -1.58. The summed E-state index contributed by atoms with van der Waals surface area (Å²) < 4.78 is 26.8. The third-order valence-corrected chi connectivity index (χ3v) is 5.95. The van der Waals surface area contributed by atoms with Gasteiger partial charge in [0.25, 0.3) is 0 Å². The van der Waals surface area contributed by atoms with Crippen molar-refractivity contribution in [3.05, 3.63) is 29.8 Å². The molecule has 114 valence electrons. The molecule has 1 saturated heterocycles. The van der Waals surface area contributed by atoms with E-state index < -0.39 is 27.4 Å². The highest BCUT2D eigenvalue weighted by atomic mass is 32.2. The van der Waals surface area contributed by atoms with Crippen LogP contribution >= 0.6 is 11.8 Å². The lowest BCUT2D eigenvalue weighted by atomic mass is 10.0. The number of thioether (sulfide) groups is 1. The number of aliphatic carboxylic acids is 1. The van der Waals surface area contributed by atoms with E-state index >= 15 is 0 Å². The van der Waals surface area contributed by atoms with Crippen LogP contribution in [0.2, 0.25) is 0 Å². The van der Waals surface area contributed by atoms with Gasteiger partial charge in [-0.2, -0.15) is 16.5 Å². The summed E-state index contributed by atoms with van der Waals surface area (Å²) >= 11 is 1.38. The van der Waals surface area contributed by atoms with E-state index in [9.17, 15) is 23.1 Å². The quantitative estimate of drug-likeness (QED) is 0.699. The molecule has 1 aromatic carbocycles. The van der Waals surface area contributed by atoms with Crippen LogP contribution in [0.25, 0.3) is 0 Å². The molecule has 2 rings (SSSR count). The predicted octanol–water partition coefficient (Wildman–Crippen LogP) is 0.0241. The van der Waals surface area contributed by atoms with Gasteiger partial charge in [-0.25, -0.2) is 8.42 Å². The lowest BCUT2D eigenvalue weighted by Crippen LogP contribution is -2.54. The molecule has 9 heteroatoms. The molecular formula is C12H14N2O5S2. The number of benzene rings is 1. The number of amides is 1. The summed E-state index contributed by atoms with van der Waals surface area (Å²) in [5.41, 5.74) is 3.78. The molecule has 0 saturated carbocycles. The molecule has 0 spiro atoms. The Labute approximate surface area is 126 Å². The minimum Gasteiger partial charge on any atom is -0.480 e. The second-order valence-electron chi connectivity index (χ2n) is 4.68. The molecule has 0 aromatic heterocycles. The topological polar surface area (TPSA) is 127 Å². The van der Waals surface area contributed by atoms with Gasteiger partial charge in [-0.1, -0.05) is 0 Å². The van der Waals surface area contributed by atoms with E-state index in [1.165, 1.54) is 36.0 Å². The highest BCUT2D eigenvalue weighted by Crippen LogP contribution is 2.30. The number of hydrogen-bond donors (Lipinski definition) is 3. The molecule has 1 heterocycles. The maximum absolute atomic E-state index is 12.3. The van der Waals surface area contributed by atoms with Crippen molar-refractivity contribution in [1.82, 2.24) is 4.72 Å². The first-order chi connectivity index (χ1) is 9.77. The molecule has 1 unspecified atom stereocenters. The Morgan fingerprint density at radius 3 is 2.33 bits per heavy atom. The number of nitrogens with two attached hydrogens (primary N) is 1. The number of rotatable bonds is 5. The minimum atomic E-state index is -3.99. The lowest BCUT2D eigenvalue weighted by Gasteiger charge is -2.24. The second kappa shape index (κ2) is 5.66. The zero-order valence-electron chi connectivity index (χ0n) is 10.9. The fourth-order valence-corrected chi connectivity index (χ4v) is 4.78. The van der Waals surface area contributed by atoms with Crippen LogP contribution < -0.4 is 10.5 Å². The molecule has 1 aromatic rings. The number of carbonyl (C=O) groups is 2. The standard InChI is InChI=1S/C12H14N2O5S2/c13-10(15)8-1-3-9(4-2-8)21(18,19)14-12(11(16)17)5-6-20-7-12/h1-4,14H,5-7H2,(H2,13,15)(H,16,17). The van der Waals surface area contributed by atoms with Crippen molar-refractivity contribution in [3.63, 3.8) is 0 Å². The van der Waals surface area contributed by atoms with E-state index in [4.69, 9.17) is 5.73 Å². The summed E-state index contributed by atoms with van der Waals surface area (Å²) in [4.78, 5) is 22.2. The van der Waals surface area contributed by atoms with Gasteiger partial charge in [-0.15, -0.1) is 0 Å². The highest BCUT2D eigenvalue weighted by molar-refractivity contribution is 7.99. The van der Waals surface area contributed by atoms with Crippen LogP contribution in [-0.4, -0.2) is 42.4 Å². The van der Waals surface area contributed by atoms with Crippen LogP contribution in [0, 0.1) is 0 Å². The zero-order chi connectivity index (χ0) is 15.7. The van der Waals surface area contributed by atoms with Crippen molar-refractivity contribution in [2.45, 2.75) is 16.9 Å². The maximum atomic E-state index is 12.3. The largest absolute Gasteiger partial charge is 0.480 e. The molecule has 1 atom stereocenters. The SMILES string of the molecule is NC(=O)c1ccc(S(=O)(=O)NC2(C(=O)O)CCSC2)cc1. The van der Waals surface area contributed by atoms with Gasteiger partial charge in [-0.05, 0) is 36.4 Å². The Morgan fingerprint density at radius 2 is 1.90 bits per heavy atom. The smallest absolute Gasteiger partial charge is 0.325 e. The molecule has 1 fully saturated rings. The Bertz CT molecular complexity index is 663. The van der Waals surface area contributed by atoms with Crippen molar-refractivity contribution in [3.8, 4) is 0 Å². The fraction of sp³-hybridized carbons (Fsp3) is 0.333. The third kappa shape index (κ3) is 3.20. The number of carboxylic acids is 1. The van der Waals surface area contributed by atoms with Gasteiger partial charge in [0.15, 0.2) is 0 Å². The van der Waals surface area contributed by atoms with Crippen molar-refractivity contribution in [2.75, 3.05) is 11.5 Å². The number of nitrogens with one attached hydrogen (secondary N) is 1. The summed E-state index contributed by atoms with van der Waals surface area (Å²) in [6.07, 6.45) is 0.228. The Morgan fingerprint density at radius 1 is 1.29 bits per heavy atom. The summed E-state index contributed by atoms with van der Waals surface area (Å²) in [6, 6.07) is 5.02. The number of hydrogen-bond acceptors (Lipinski definition) is 5. The van der Waals surface area contributed by atoms with E-state index in [0.717, 1.165) is 0 Å². The third-order valence-electron chi connectivity index (χ3n) is 3.21. The van der Waals surface area contributed by atoms with E-state index in [1.54, 1.807) is 0 Å². The second-order valence-corrected chi connectivity index (χ2v) is 7.47. The maximum Gasteiger partial charge on any atom is 0.325 e. The van der Waals surface area contributed by atoms with Crippen molar-refractivity contribution >= 4 is 33.7 Å². The van der Waals surface area contributed by atoms with Crippen LogP contribution in [0.15, 0.2) is 29.2 Å². The normalized spacial score (nSPS) is 22.1. The number of primary amides is 1. The van der Waals surface area contributed by atoms with E-state index in [0.29, 0.717) is 5.75 Å². The van der Waals surface area contributed by atoms with Crippen LogP contribution in [0.4, 0.5) is 0 Å². The van der Waals surface area contributed by atoms with Gasteiger partial charge in [0.1, 0.15) is 5.54 Å². The first-order valence-electron chi connectivity index (χ1n) is 6.02.